The highest BCUT2D eigenvalue weighted by Gasteiger charge is 2.47. The average molecular weight is 248 g/mol. The quantitative estimate of drug-likeness (QED) is 0.408. The fourth-order valence-corrected chi connectivity index (χ4v) is 1.56. The Morgan fingerprint density at radius 2 is 1.94 bits per heavy atom. The molecule has 0 radical (unpaired) electrons. The molecule has 1 aliphatic rings. The summed E-state index contributed by atoms with van der Waals surface area (Å²) in [5.41, 5.74) is 0. The molecule has 0 aromatic heterocycles. The molecule has 0 spiro atoms. The van der Waals surface area contributed by atoms with Gasteiger partial charge >= 0.3 is 0 Å². The lowest BCUT2D eigenvalue weighted by Crippen LogP contribution is -2.61. The largest absolute Gasteiger partial charge is 0.387 e. The van der Waals surface area contributed by atoms with Crippen LogP contribution in [0.5, 0.6) is 0 Å². The van der Waals surface area contributed by atoms with Crippen LogP contribution < -0.4 is 0 Å². The molecule has 0 aromatic rings. The van der Waals surface area contributed by atoms with Crippen molar-refractivity contribution >= 4 is 5.78 Å². The molecule has 98 valence electrons. The van der Waals surface area contributed by atoms with Crippen LogP contribution in [-0.4, -0.2) is 70.1 Å². The SMILES string of the molecule is C=CC(O)C(=O)[C@H]1OC(OC)[C@H](O)[C@@H](O)[C@H]1O. The molecule has 0 amide bonds. The number of hydrogen-bond donors (Lipinski definition) is 4. The molecule has 0 aromatic carbocycles. The first-order valence-electron chi connectivity index (χ1n) is 5.00. The summed E-state index contributed by atoms with van der Waals surface area (Å²) in [4.78, 5) is 11.6. The fourth-order valence-electron chi connectivity index (χ4n) is 1.56. The second-order valence-corrected chi connectivity index (χ2v) is 3.72. The molecular formula is C10H16O7. The minimum absolute atomic E-state index is 0.861. The van der Waals surface area contributed by atoms with E-state index in [4.69, 9.17) is 9.47 Å². The van der Waals surface area contributed by atoms with Crippen molar-refractivity contribution in [2.45, 2.75) is 36.8 Å². The summed E-state index contributed by atoms with van der Waals surface area (Å²) in [7, 11) is 1.21. The van der Waals surface area contributed by atoms with Crippen molar-refractivity contribution < 1.29 is 34.7 Å². The van der Waals surface area contributed by atoms with Crippen LogP contribution >= 0.6 is 0 Å². The van der Waals surface area contributed by atoms with E-state index in [0.29, 0.717) is 0 Å². The van der Waals surface area contributed by atoms with E-state index in [1.54, 1.807) is 0 Å². The molecule has 6 atom stereocenters. The number of aliphatic hydroxyl groups is 4. The molecule has 1 rings (SSSR count). The van der Waals surface area contributed by atoms with Crippen molar-refractivity contribution in [2.75, 3.05) is 7.11 Å². The van der Waals surface area contributed by atoms with Crippen LogP contribution in [-0.2, 0) is 14.3 Å². The van der Waals surface area contributed by atoms with Gasteiger partial charge in [0.05, 0.1) is 0 Å². The van der Waals surface area contributed by atoms with Crippen LogP contribution in [0.2, 0.25) is 0 Å². The van der Waals surface area contributed by atoms with E-state index < -0.39 is 42.6 Å². The number of ether oxygens (including phenoxy) is 2. The molecule has 0 saturated carbocycles. The number of hydrogen-bond acceptors (Lipinski definition) is 7. The summed E-state index contributed by atoms with van der Waals surface area (Å²) in [6, 6.07) is 0. The van der Waals surface area contributed by atoms with E-state index in [-0.39, 0.29) is 0 Å². The first kappa shape index (κ1) is 14.2. The van der Waals surface area contributed by atoms with Crippen LogP contribution in [0.4, 0.5) is 0 Å². The Morgan fingerprint density at radius 1 is 1.35 bits per heavy atom. The van der Waals surface area contributed by atoms with Gasteiger partial charge in [-0.3, -0.25) is 4.79 Å². The molecule has 7 nitrogen and oxygen atoms in total. The van der Waals surface area contributed by atoms with E-state index in [9.17, 15) is 25.2 Å². The predicted molar refractivity (Wildman–Crippen MR) is 54.9 cm³/mol. The predicted octanol–water partition coefficient (Wildman–Crippen LogP) is -2.44. The molecular weight excluding hydrogens is 232 g/mol. The number of Topliss-reactive ketones (excluding diaryl/α,β-unsaturated/α-hetero) is 1. The first-order valence-corrected chi connectivity index (χ1v) is 5.00. The van der Waals surface area contributed by atoms with Gasteiger partial charge in [0.25, 0.3) is 0 Å². The van der Waals surface area contributed by atoms with Crippen molar-refractivity contribution in [1.82, 2.24) is 0 Å². The van der Waals surface area contributed by atoms with Crippen LogP contribution in [0.15, 0.2) is 12.7 Å². The Balaban J connectivity index is 2.85. The van der Waals surface area contributed by atoms with Gasteiger partial charge in [0, 0.05) is 7.11 Å². The second kappa shape index (κ2) is 5.67. The maximum absolute atomic E-state index is 11.6. The van der Waals surface area contributed by atoms with Crippen LogP contribution in [0.25, 0.3) is 0 Å². The zero-order valence-electron chi connectivity index (χ0n) is 9.26. The van der Waals surface area contributed by atoms with Gasteiger partial charge in [-0.15, -0.1) is 6.58 Å². The summed E-state index contributed by atoms with van der Waals surface area (Å²) in [6.07, 6.45) is -7.99. The number of carbonyl (C=O) groups is 1. The highest BCUT2D eigenvalue weighted by molar-refractivity contribution is 5.89. The average Bonchev–Trinajstić information content (AvgIpc) is 2.34. The number of methoxy groups -OCH3 is 1. The summed E-state index contributed by atoms with van der Waals surface area (Å²) in [6.45, 7) is 3.22. The zero-order chi connectivity index (χ0) is 13.2. The van der Waals surface area contributed by atoms with Crippen molar-refractivity contribution in [1.29, 1.82) is 0 Å². The van der Waals surface area contributed by atoms with Gasteiger partial charge in [-0.1, -0.05) is 6.08 Å². The highest BCUT2D eigenvalue weighted by Crippen LogP contribution is 2.23. The highest BCUT2D eigenvalue weighted by atomic mass is 16.7. The first-order chi connectivity index (χ1) is 7.93. The monoisotopic (exact) mass is 248 g/mol. The Labute approximate surface area is 97.9 Å². The zero-order valence-corrected chi connectivity index (χ0v) is 9.26. The van der Waals surface area contributed by atoms with Crippen molar-refractivity contribution in [3.05, 3.63) is 12.7 Å². The Kier molecular flexibility index (Phi) is 4.75. The molecule has 0 aliphatic carbocycles. The fraction of sp³-hybridized carbons (Fsp3) is 0.700. The summed E-state index contributed by atoms with van der Waals surface area (Å²) in [5.74, 6) is -0.861. The smallest absolute Gasteiger partial charge is 0.196 e. The van der Waals surface area contributed by atoms with Crippen LogP contribution in [0.3, 0.4) is 0 Å². The number of carbonyl (C=O) groups excluding carboxylic acids is 1. The van der Waals surface area contributed by atoms with E-state index in [2.05, 4.69) is 6.58 Å². The standard InChI is InChI=1S/C10H16O7/c1-3-4(11)5(12)9-7(14)6(13)8(15)10(16-2)17-9/h3-4,6-11,13-15H,1H2,2H3/t4?,6-,7+,8+,9+,10?/m0/s1. The Hall–Kier alpha value is -0.830. The van der Waals surface area contributed by atoms with Gasteiger partial charge in [0.1, 0.15) is 24.4 Å². The normalized spacial score (nSPS) is 39.7. The van der Waals surface area contributed by atoms with Crippen molar-refractivity contribution in [2.24, 2.45) is 0 Å². The lowest BCUT2D eigenvalue weighted by Gasteiger charge is -2.39. The van der Waals surface area contributed by atoms with Crippen molar-refractivity contribution in [3.8, 4) is 0 Å². The minimum Gasteiger partial charge on any atom is -0.387 e. The van der Waals surface area contributed by atoms with E-state index in [1.165, 1.54) is 7.11 Å². The van der Waals surface area contributed by atoms with E-state index >= 15 is 0 Å². The van der Waals surface area contributed by atoms with Gasteiger partial charge in [0.15, 0.2) is 18.2 Å². The molecule has 1 aliphatic heterocycles. The summed E-state index contributed by atoms with van der Waals surface area (Å²) >= 11 is 0. The number of aliphatic hydroxyl groups excluding tert-OH is 4. The lowest BCUT2D eigenvalue weighted by atomic mass is 9.94. The number of ketones is 1. The third-order valence-corrected chi connectivity index (χ3v) is 2.60. The van der Waals surface area contributed by atoms with Crippen LogP contribution in [0.1, 0.15) is 0 Å². The topological polar surface area (TPSA) is 116 Å². The minimum atomic E-state index is -1.64. The number of rotatable bonds is 4. The maximum atomic E-state index is 11.6. The molecule has 17 heavy (non-hydrogen) atoms. The van der Waals surface area contributed by atoms with Gasteiger partial charge in [-0.25, -0.2) is 0 Å². The van der Waals surface area contributed by atoms with Gasteiger partial charge < -0.3 is 29.9 Å². The summed E-state index contributed by atoms with van der Waals surface area (Å²) < 4.78 is 9.69. The molecule has 1 saturated heterocycles. The Bertz CT molecular complexity index is 290. The second-order valence-electron chi connectivity index (χ2n) is 3.72. The molecule has 2 unspecified atom stereocenters. The van der Waals surface area contributed by atoms with Gasteiger partial charge in [0.2, 0.25) is 0 Å². The van der Waals surface area contributed by atoms with Gasteiger partial charge in [-0.05, 0) is 0 Å². The molecule has 0 bridgehead atoms. The van der Waals surface area contributed by atoms with Crippen molar-refractivity contribution in [3.63, 3.8) is 0 Å². The molecule has 1 heterocycles. The third-order valence-electron chi connectivity index (χ3n) is 2.60. The van der Waals surface area contributed by atoms with Crippen LogP contribution in [0, 0.1) is 0 Å². The molecule has 1 fully saturated rings. The lowest BCUT2D eigenvalue weighted by molar-refractivity contribution is -0.284. The summed E-state index contributed by atoms with van der Waals surface area (Å²) in [5, 5.41) is 37.8. The third kappa shape index (κ3) is 2.71. The Morgan fingerprint density at radius 3 is 2.41 bits per heavy atom. The van der Waals surface area contributed by atoms with Gasteiger partial charge in [-0.2, -0.15) is 0 Å². The van der Waals surface area contributed by atoms with E-state index in [1.807, 2.05) is 0 Å². The molecule has 7 heteroatoms. The maximum Gasteiger partial charge on any atom is 0.196 e. The van der Waals surface area contributed by atoms with E-state index in [0.717, 1.165) is 6.08 Å². The molecule has 4 N–H and O–H groups in total.